The molecule has 0 aliphatic carbocycles. The van der Waals surface area contributed by atoms with Gasteiger partial charge in [-0.2, -0.15) is 0 Å². The SMILES string of the molecule is C=C1OC[C@@H](CO)O1. The fourth-order valence-electron chi connectivity index (χ4n) is 0.530. The van der Waals surface area contributed by atoms with E-state index < -0.39 is 0 Å². The van der Waals surface area contributed by atoms with Gasteiger partial charge in [-0.15, -0.1) is 0 Å². The molecular formula is C5H8O3. The van der Waals surface area contributed by atoms with Crippen molar-refractivity contribution in [3.8, 4) is 0 Å². The maximum atomic E-state index is 8.44. The van der Waals surface area contributed by atoms with Gasteiger partial charge in [0.2, 0.25) is 0 Å². The minimum atomic E-state index is -0.192. The molecule has 0 unspecified atom stereocenters. The summed E-state index contributed by atoms with van der Waals surface area (Å²) in [6.45, 7) is 3.82. The van der Waals surface area contributed by atoms with Crippen molar-refractivity contribution in [1.82, 2.24) is 0 Å². The summed E-state index contributed by atoms with van der Waals surface area (Å²) in [6, 6.07) is 0. The summed E-state index contributed by atoms with van der Waals surface area (Å²) in [5.74, 6) is 0.309. The Balaban J connectivity index is 2.32. The second kappa shape index (κ2) is 2.05. The van der Waals surface area contributed by atoms with E-state index in [1.54, 1.807) is 0 Å². The second-order valence-corrected chi connectivity index (χ2v) is 1.61. The maximum absolute atomic E-state index is 8.44. The van der Waals surface area contributed by atoms with Gasteiger partial charge in [0.25, 0.3) is 5.95 Å². The highest BCUT2D eigenvalue weighted by Gasteiger charge is 2.18. The summed E-state index contributed by atoms with van der Waals surface area (Å²) in [7, 11) is 0. The van der Waals surface area contributed by atoms with Crippen LogP contribution in [0.25, 0.3) is 0 Å². The summed E-state index contributed by atoms with van der Waals surface area (Å²) >= 11 is 0. The lowest BCUT2D eigenvalue weighted by molar-refractivity contribution is 0.0943. The zero-order chi connectivity index (χ0) is 5.98. The number of aliphatic hydroxyl groups is 1. The lowest BCUT2D eigenvalue weighted by Crippen LogP contribution is -2.13. The van der Waals surface area contributed by atoms with Crippen LogP contribution in [-0.4, -0.2) is 24.4 Å². The number of ether oxygens (including phenoxy) is 2. The molecule has 0 aromatic heterocycles. The summed E-state index contributed by atoms with van der Waals surface area (Å²) < 4.78 is 9.62. The van der Waals surface area contributed by atoms with E-state index in [9.17, 15) is 0 Å². The van der Waals surface area contributed by atoms with Gasteiger partial charge in [-0.1, -0.05) is 0 Å². The first-order valence-electron chi connectivity index (χ1n) is 2.42. The van der Waals surface area contributed by atoms with E-state index in [1.807, 2.05) is 0 Å². The summed E-state index contributed by atoms with van der Waals surface area (Å²) in [6.07, 6.45) is -0.192. The molecule has 3 nitrogen and oxygen atoms in total. The lowest BCUT2D eigenvalue weighted by Gasteiger charge is -1.98. The summed E-state index contributed by atoms with van der Waals surface area (Å²) in [5.41, 5.74) is 0. The van der Waals surface area contributed by atoms with Crippen LogP contribution in [0.5, 0.6) is 0 Å². The van der Waals surface area contributed by atoms with Crippen molar-refractivity contribution in [2.45, 2.75) is 6.10 Å². The van der Waals surface area contributed by atoms with Crippen LogP contribution in [0.4, 0.5) is 0 Å². The normalized spacial score (nSPS) is 27.1. The Hall–Kier alpha value is -0.700. The molecular weight excluding hydrogens is 108 g/mol. The van der Waals surface area contributed by atoms with Gasteiger partial charge in [-0.3, -0.25) is 0 Å². The number of rotatable bonds is 1. The molecule has 1 rings (SSSR count). The van der Waals surface area contributed by atoms with Crippen molar-refractivity contribution >= 4 is 0 Å². The minimum Gasteiger partial charge on any atom is -0.462 e. The zero-order valence-corrected chi connectivity index (χ0v) is 4.46. The van der Waals surface area contributed by atoms with Gasteiger partial charge in [-0.25, -0.2) is 0 Å². The third-order valence-corrected chi connectivity index (χ3v) is 0.932. The van der Waals surface area contributed by atoms with Crippen molar-refractivity contribution in [2.24, 2.45) is 0 Å². The molecule has 0 aromatic carbocycles. The molecule has 1 aliphatic rings. The topological polar surface area (TPSA) is 38.7 Å². The quantitative estimate of drug-likeness (QED) is 0.518. The Bertz CT molecular complexity index is 99.8. The van der Waals surface area contributed by atoms with Crippen molar-refractivity contribution in [2.75, 3.05) is 13.2 Å². The molecule has 0 spiro atoms. The van der Waals surface area contributed by atoms with Gasteiger partial charge < -0.3 is 14.6 Å². The van der Waals surface area contributed by atoms with Gasteiger partial charge >= 0.3 is 0 Å². The van der Waals surface area contributed by atoms with Crippen LogP contribution >= 0.6 is 0 Å². The highest BCUT2D eigenvalue weighted by molar-refractivity contribution is 4.78. The van der Waals surface area contributed by atoms with Crippen LogP contribution in [-0.2, 0) is 9.47 Å². The molecule has 0 aromatic rings. The predicted molar refractivity (Wildman–Crippen MR) is 27.1 cm³/mol. The second-order valence-electron chi connectivity index (χ2n) is 1.61. The Morgan fingerprint density at radius 3 is 2.88 bits per heavy atom. The van der Waals surface area contributed by atoms with Crippen LogP contribution in [0, 0.1) is 0 Å². The Kier molecular flexibility index (Phi) is 1.39. The molecule has 1 atom stereocenters. The molecule has 1 aliphatic heterocycles. The van der Waals surface area contributed by atoms with E-state index in [4.69, 9.17) is 14.6 Å². The van der Waals surface area contributed by atoms with Crippen LogP contribution < -0.4 is 0 Å². The van der Waals surface area contributed by atoms with Crippen LogP contribution in [0.1, 0.15) is 0 Å². The molecule has 8 heavy (non-hydrogen) atoms. The third kappa shape index (κ3) is 0.924. The third-order valence-electron chi connectivity index (χ3n) is 0.932. The van der Waals surface area contributed by atoms with Gasteiger partial charge in [-0.05, 0) is 6.58 Å². The van der Waals surface area contributed by atoms with Gasteiger partial charge in [0.1, 0.15) is 6.61 Å². The van der Waals surface area contributed by atoms with Crippen molar-refractivity contribution < 1.29 is 14.6 Å². The van der Waals surface area contributed by atoms with Crippen LogP contribution in [0.2, 0.25) is 0 Å². The van der Waals surface area contributed by atoms with E-state index in [1.165, 1.54) is 0 Å². The fourth-order valence-corrected chi connectivity index (χ4v) is 0.530. The van der Waals surface area contributed by atoms with Crippen LogP contribution in [0.3, 0.4) is 0 Å². The van der Waals surface area contributed by atoms with E-state index in [2.05, 4.69) is 6.58 Å². The molecule has 0 bridgehead atoms. The summed E-state index contributed by atoms with van der Waals surface area (Å²) in [5, 5.41) is 8.44. The Morgan fingerprint density at radius 1 is 1.88 bits per heavy atom. The Labute approximate surface area is 47.5 Å². The number of hydrogen-bond acceptors (Lipinski definition) is 3. The van der Waals surface area contributed by atoms with Gasteiger partial charge in [0.15, 0.2) is 6.10 Å². The Morgan fingerprint density at radius 2 is 2.62 bits per heavy atom. The first kappa shape index (κ1) is 5.44. The molecule has 1 fully saturated rings. The average Bonchev–Trinajstić information content (AvgIpc) is 2.14. The van der Waals surface area contributed by atoms with Crippen molar-refractivity contribution in [3.63, 3.8) is 0 Å². The zero-order valence-electron chi connectivity index (χ0n) is 4.46. The molecule has 1 heterocycles. The van der Waals surface area contributed by atoms with Gasteiger partial charge in [0, 0.05) is 0 Å². The molecule has 3 heteroatoms. The molecule has 0 saturated carbocycles. The first-order chi connectivity index (χ1) is 3.83. The van der Waals surface area contributed by atoms with Crippen LogP contribution in [0.15, 0.2) is 12.5 Å². The van der Waals surface area contributed by atoms with E-state index >= 15 is 0 Å². The van der Waals surface area contributed by atoms with Crippen molar-refractivity contribution in [3.05, 3.63) is 12.5 Å². The standard InChI is InChI=1S/C5H8O3/c1-4-7-3-5(2-6)8-4/h5-6H,1-3H2/t5-/m1/s1. The van der Waals surface area contributed by atoms with E-state index in [0.29, 0.717) is 12.6 Å². The predicted octanol–water partition coefficient (Wildman–Crippen LogP) is -0.135. The lowest BCUT2D eigenvalue weighted by atomic mass is 10.4. The molecule has 1 saturated heterocycles. The molecule has 1 N–H and O–H groups in total. The smallest absolute Gasteiger partial charge is 0.272 e. The summed E-state index contributed by atoms with van der Waals surface area (Å²) in [4.78, 5) is 0. The number of aliphatic hydroxyl groups excluding tert-OH is 1. The van der Waals surface area contributed by atoms with E-state index in [0.717, 1.165) is 0 Å². The fraction of sp³-hybridized carbons (Fsp3) is 0.600. The highest BCUT2D eigenvalue weighted by Crippen LogP contribution is 2.11. The average molecular weight is 116 g/mol. The maximum Gasteiger partial charge on any atom is 0.272 e. The highest BCUT2D eigenvalue weighted by atomic mass is 16.7. The molecule has 0 amide bonds. The largest absolute Gasteiger partial charge is 0.462 e. The number of hydrogen-bond donors (Lipinski definition) is 1. The van der Waals surface area contributed by atoms with E-state index in [-0.39, 0.29) is 12.7 Å². The van der Waals surface area contributed by atoms with Crippen molar-refractivity contribution in [1.29, 1.82) is 0 Å². The molecule has 0 radical (unpaired) electrons. The molecule has 46 valence electrons. The van der Waals surface area contributed by atoms with Gasteiger partial charge in [0.05, 0.1) is 6.61 Å². The monoisotopic (exact) mass is 116 g/mol. The first-order valence-corrected chi connectivity index (χ1v) is 2.42. The minimum absolute atomic E-state index is 0.000972.